The molecule has 0 heterocycles. The smallest absolute Gasteiger partial charge is 0.120 e. The van der Waals surface area contributed by atoms with Gasteiger partial charge >= 0.3 is 0 Å². The van der Waals surface area contributed by atoms with E-state index in [9.17, 15) is 10.2 Å². The van der Waals surface area contributed by atoms with Gasteiger partial charge in [-0.25, -0.2) is 0 Å². The largest absolute Gasteiger partial charge is 0.508 e. The molecule has 0 saturated carbocycles. The third-order valence-corrected chi connectivity index (χ3v) is 3.30. The highest BCUT2D eigenvalue weighted by molar-refractivity contribution is 5.31. The fraction of sp³-hybridized carbons (Fsp3) is 0.538. The molecule has 3 nitrogen and oxygen atoms in total. The Morgan fingerprint density at radius 1 is 1.19 bits per heavy atom. The van der Waals surface area contributed by atoms with E-state index >= 15 is 0 Å². The van der Waals surface area contributed by atoms with Crippen molar-refractivity contribution in [2.45, 2.75) is 38.8 Å². The molecule has 0 aliphatic heterocycles. The zero-order chi connectivity index (χ0) is 12.0. The lowest BCUT2D eigenvalue weighted by atomic mass is 9.93. The number of aromatic hydroxyl groups is 1. The van der Waals surface area contributed by atoms with Gasteiger partial charge in [-0.15, -0.1) is 0 Å². The third-order valence-electron chi connectivity index (χ3n) is 3.30. The first-order valence-corrected chi connectivity index (χ1v) is 5.80. The molecular weight excluding hydrogens is 202 g/mol. The molecule has 0 saturated heterocycles. The van der Waals surface area contributed by atoms with Gasteiger partial charge in [0.15, 0.2) is 0 Å². The summed E-state index contributed by atoms with van der Waals surface area (Å²) in [6.07, 6.45) is 1.74. The molecule has 16 heavy (non-hydrogen) atoms. The summed E-state index contributed by atoms with van der Waals surface area (Å²) in [6, 6.07) is 7.26. The van der Waals surface area contributed by atoms with Crippen molar-refractivity contribution in [3.63, 3.8) is 0 Å². The van der Waals surface area contributed by atoms with E-state index in [1.54, 1.807) is 12.1 Å². The second-order valence-electron chi connectivity index (χ2n) is 4.13. The number of benzene rings is 1. The first-order valence-electron chi connectivity index (χ1n) is 5.80. The van der Waals surface area contributed by atoms with E-state index in [-0.39, 0.29) is 12.1 Å². The number of phenols is 1. The molecule has 1 rings (SSSR count). The summed E-state index contributed by atoms with van der Waals surface area (Å²) >= 11 is 0. The standard InChI is InChI=1S/C13H21NO2/c1-3-13(4-2,10-15)14-9-11-7-5-6-8-12(11)16/h5-8,14-16H,3-4,9-10H2,1-2H3. The highest BCUT2D eigenvalue weighted by Crippen LogP contribution is 2.19. The van der Waals surface area contributed by atoms with Gasteiger partial charge in [0.1, 0.15) is 5.75 Å². The summed E-state index contributed by atoms with van der Waals surface area (Å²) in [4.78, 5) is 0. The van der Waals surface area contributed by atoms with Crippen LogP contribution in [0.3, 0.4) is 0 Å². The number of hydrogen-bond acceptors (Lipinski definition) is 3. The van der Waals surface area contributed by atoms with Crippen molar-refractivity contribution in [2.24, 2.45) is 0 Å². The molecule has 0 radical (unpaired) electrons. The van der Waals surface area contributed by atoms with Crippen molar-refractivity contribution in [1.82, 2.24) is 5.32 Å². The van der Waals surface area contributed by atoms with Crippen LogP contribution in [-0.2, 0) is 6.54 Å². The molecule has 0 unspecified atom stereocenters. The molecule has 0 atom stereocenters. The highest BCUT2D eigenvalue weighted by atomic mass is 16.3. The predicted octanol–water partition coefficient (Wildman–Crippen LogP) is 2.03. The SMILES string of the molecule is CCC(CC)(CO)NCc1ccccc1O. The molecule has 1 aromatic carbocycles. The minimum atomic E-state index is -0.234. The maximum Gasteiger partial charge on any atom is 0.120 e. The number of para-hydroxylation sites is 1. The average molecular weight is 223 g/mol. The molecule has 0 spiro atoms. The molecule has 0 fully saturated rings. The van der Waals surface area contributed by atoms with Gasteiger partial charge in [-0.1, -0.05) is 32.0 Å². The molecule has 3 N–H and O–H groups in total. The Morgan fingerprint density at radius 2 is 1.81 bits per heavy atom. The summed E-state index contributed by atoms with van der Waals surface area (Å²) in [5.41, 5.74) is 0.629. The number of hydrogen-bond donors (Lipinski definition) is 3. The van der Waals surface area contributed by atoms with Crippen LogP contribution in [0.15, 0.2) is 24.3 Å². The normalized spacial score (nSPS) is 11.7. The maximum atomic E-state index is 9.62. The Hall–Kier alpha value is -1.06. The van der Waals surface area contributed by atoms with Gasteiger partial charge in [0.05, 0.1) is 6.61 Å². The second-order valence-corrected chi connectivity index (χ2v) is 4.13. The van der Waals surface area contributed by atoms with E-state index in [1.807, 2.05) is 12.1 Å². The van der Waals surface area contributed by atoms with Crippen LogP contribution >= 0.6 is 0 Å². The third kappa shape index (κ3) is 2.97. The van der Waals surface area contributed by atoms with Crippen molar-refractivity contribution >= 4 is 0 Å². The van der Waals surface area contributed by atoms with Crippen LogP contribution in [0.5, 0.6) is 5.75 Å². The zero-order valence-electron chi connectivity index (χ0n) is 10.0. The van der Waals surface area contributed by atoms with E-state index in [1.165, 1.54) is 0 Å². The monoisotopic (exact) mass is 223 g/mol. The number of rotatable bonds is 6. The van der Waals surface area contributed by atoms with Crippen LogP contribution in [-0.4, -0.2) is 22.4 Å². The maximum absolute atomic E-state index is 9.62. The molecule has 0 bridgehead atoms. The van der Waals surface area contributed by atoms with Gasteiger partial charge in [-0.3, -0.25) is 0 Å². The van der Waals surface area contributed by atoms with Gasteiger partial charge < -0.3 is 15.5 Å². The Balaban J connectivity index is 2.66. The van der Waals surface area contributed by atoms with Gasteiger partial charge in [0.2, 0.25) is 0 Å². The Kier molecular flexibility index (Phi) is 4.77. The van der Waals surface area contributed by atoms with Gasteiger partial charge in [0, 0.05) is 17.6 Å². The van der Waals surface area contributed by atoms with Gasteiger partial charge in [0.25, 0.3) is 0 Å². The summed E-state index contributed by atoms with van der Waals surface area (Å²) in [7, 11) is 0. The predicted molar refractivity (Wildman–Crippen MR) is 65.3 cm³/mol. The molecule has 0 amide bonds. The quantitative estimate of drug-likeness (QED) is 0.691. The first kappa shape index (κ1) is 13.0. The van der Waals surface area contributed by atoms with E-state index < -0.39 is 0 Å². The van der Waals surface area contributed by atoms with Gasteiger partial charge in [-0.05, 0) is 18.9 Å². The lowest BCUT2D eigenvalue weighted by Gasteiger charge is -2.31. The van der Waals surface area contributed by atoms with Crippen LogP contribution in [0.4, 0.5) is 0 Å². The van der Waals surface area contributed by atoms with Crippen LogP contribution in [0, 0.1) is 0 Å². The number of nitrogens with one attached hydrogen (secondary N) is 1. The van der Waals surface area contributed by atoms with Crippen molar-refractivity contribution in [1.29, 1.82) is 0 Å². The molecule has 0 aliphatic rings. The first-order chi connectivity index (χ1) is 7.67. The van der Waals surface area contributed by atoms with E-state index in [4.69, 9.17) is 0 Å². The second kappa shape index (κ2) is 5.87. The van der Waals surface area contributed by atoms with Crippen molar-refractivity contribution in [3.05, 3.63) is 29.8 Å². The molecule has 3 heteroatoms. The topological polar surface area (TPSA) is 52.5 Å². The van der Waals surface area contributed by atoms with Crippen LogP contribution in [0.25, 0.3) is 0 Å². The summed E-state index contributed by atoms with van der Waals surface area (Å²) in [6.45, 7) is 4.80. The van der Waals surface area contributed by atoms with Crippen molar-refractivity contribution in [3.8, 4) is 5.75 Å². The van der Waals surface area contributed by atoms with Crippen LogP contribution in [0.1, 0.15) is 32.3 Å². The Labute approximate surface area is 97.1 Å². The lowest BCUT2D eigenvalue weighted by Crippen LogP contribution is -2.47. The summed E-state index contributed by atoms with van der Waals surface area (Å²) < 4.78 is 0. The molecule has 1 aromatic rings. The zero-order valence-corrected chi connectivity index (χ0v) is 10.0. The van der Waals surface area contributed by atoms with E-state index in [0.29, 0.717) is 12.3 Å². The van der Waals surface area contributed by atoms with E-state index in [0.717, 1.165) is 18.4 Å². The highest BCUT2D eigenvalue weighted by Gasteiger charge is 2.24. The van der Waals surface area contributed by atoms with Crippen molar-refractivity contribution in [2.75, 3.05) is 6.61 Å². The minimum absolute atomic E-state index is 0.119. The Morgan fingerprint density at radius 3 is 2.31 bits per heavy atom. The summed E-state index contributed by atoms with van der Waals surface area (Å²) in [5.74, 6) is 0.300. The lowest BCUT2D eigenvalue weighted by molar-refractivity contribution is 0.149. The Bertz CT molecular complexity index is 313. The van der Waals surface area contributed by atoms with Crippen molar-refractivity contribution < 1.29 is 10.2 Å². The molecule has 90 valence electrons. The number of aliphatic hydroxyl groups excluding tert-OH is 1. The molecule has 0 aromatic heterocycles. The fourth-order valence-electron chi connectivity index (χ4n) is 1.72. The van der Waals surface area contributed by atoms with E-state index in [2.05, 4.69) is 19.2 Å². The summed E-state index contributed by atoms with van der Waals surface area (Å²) in [5, 5.41) is 22.4. The average Bonchev–Trinajstić information content (AvgIpc) is 2.34. The number of aliphatic hydroxyl groups is 1. The minimum Gasteiger partial charge on any atom is -0.508 e. The molecular formula is C13H21NO2. The number of phenolic OH excluding ortho intramolecular Hbond substituents is 1. The van der Waals surface area contributed by atoms with Crippen LogP contribution in [0.2, 0.25) is 0 Å². The van der Waals surface area contributed by atoms with Crippen LogP contribution < -0.4 is 5.32 Å². The van der Waals surface area contributed by atoms with Gasteiger partial charge in [-0.2, -0.15) is 0 Å². The fourth-order valence-corrected chi connectivity index (χ4v) is 1.72. The molecule has 0 aliphatic carbocycles.